The molecule has 8 heteroatoms. The van der Waals surface area contributed by atoms with Crippen molar-refractivity contribution in [3.8, 4) is 6.07 Å². The Morgan fingerprint density at radius 3 is 2.42 bits per heavy atom. The second kappa shape index (κ2) is 6.38. The minimum absolute atomic E-state index is 0.000667. The number of carbonyl (C=O) groups is 1. The summed E-state index contributed by atoms with van der Waals surface area (Å²) < 4.78 is 37.7. The lowest BCUT2D eigenvalue weighted by Gasteiger charge is -2.41. The Morgan fingerprint density at radius 1 is 1.19 bits per heavy atom. The maximum atomic E-state index is 12.9. The van der Waals surface area contributed by atoms with E-state index in [9.17, 15) is 23.2 Å². The van der Waals surface area contributed by atoms with Crippen LogP contribution >= 0.6 is 0 Å². The molecule has 0 radical (unpaired) electrons. The number of carbonyl (C=O) groups excluding carboxylic acids is 1. The molecule has 6 atom stereocenters. The van der Waals surface area contributed by atoms with Gasteiger partial charge >= 0.3 is 6.18 Å². The van der Waals surface area contributed by atoms with Crippen LogP contribution < -0.4 is 5.73 Å². The van der Waals surface area contributed by atoms with Crippen LogP contribution in [0.2, 0.25) is 0 Å². The zero-order valence-electron chi connectivity index (χ0n) is 14.7. The van der Waals surface area contributed by atoms with Crippen LogP contribution in [0, 0.1) is 23.2 Å². The average molecular weight is 370 g/mol. The van der Waals surface area contributed by atoms with E-state index >= 15 is 0 Å². The number of hydrogen-bond acceptors (Lipinski definition) is 4. The topological polar surface area (TPSA) is 73.4 Å². The lowest BCUT2D eigenvalue weighted by Crippen LogP contribution is -2.54. The van der Waals surface area contributed by atoms with Crippen LogP contribution in [0.5, 0.6) is 0 Å². The van der Waals surface area contributed by atoms with Gasteiger partial charge in [0.2, 0.25) is 5.91 Å². The first-order valence-corrected chi connectivity index (χ1v) is 9.58. The Labute approximate surface area is 151 Å². The zero-order valence-corrected chi connectivity index (χ0v) is 14.7. The van der Waals surface area contributed by atoms with Crippen molar-refractivity contribution < 1.29 is 18.0 Å². The van der Waals surface area contributed by atoms with Gasteiger partial charge in [0.25, 0.3) is 0 Å². The minimum atomic E-state index is -4.13. The molecule has 4 aliphatic rings. The largest absolute Gasteiger partial charge is 0.390 e. The van der Waals surface area contributed by atoms with Crippen molar-refractivity contribution >= 4 is 5.91 Å². The third kappa shape index (κ3) is 3.20. The van der Waals surface area contributed by atoms with E-state index in [0.717, 1.165) is 25.7 Å². The Morgan fingerprint density at radius 2 is 1.85 bits per heavy atom. The predicted octanol–water partition coefficient (Wildman–Crippen LogP) is 2.02. The summed E-state index contributed by atoms with van der Waals surface area (Å²) in [5, 5.41) is 9.29. The Hall–Kier alpha value is -1.33. The third-order valence-corrected chi connectivity index (χ3v) is 6.88. The number of amides is 1. The molecule has 0 aromatic heterocycles. The van der Waals surface area contributed by atoms with Crippen LogP contribution in [0.25, 0.3) is 0 Å². The van der Waals surface area contributed by atoms with Gasteiger partial charge in [0.15, 0.2) is 0 Å². The molecule has 1 aliphatic carbocycles. The smallest absolute Gasteiger partial charge is 0.322 e. The van der Waals surface area contributed by atoms with Crippen molar-refractivity contribution in [2.45, 2.75) is 81.3 Å². The molecule has 0 spiro atoms. The van der Waals surface area contributed by atoms with Gasteiger partial charge < -0.3 is 10.6 Å². The van der Waals surface area contributed by atoms with Gasteiger partial charge in [-0.25, -0.2) is 0 Å². The highest BCUT2D eigenvalue weighted by atomic mass is 19.4. The molecule has 1 amide bonds. The van der Waals surface area contributed by atoms with E-state index in [4.69, 9.17) is 5.73 Å². The van der Waals surface area contributed by atoms with Gasteiger partial charge in [0, 0.05) is 24.7 Å². The first-order valence-electron chi connectivity index (χ1n) is 9.58. The van der Waals surface area contributed by atoms with E-state index in [2.05, 4.69) is 6.07 Å². The summed E-state index contributed by atoms with van der Waals surface area (Å²) in [6.07, 6.45) is -0.0639. The number of halogens is 3. The molecule has 26 heavy (non-hydrogen) atoms. The van der Waals surface area contributed by atoms with Gasteiger partial charge in [-0.15, -0.1) is 0 Å². The molecule has 3 saturated heterocycles. The molecule has 5 nitrogen and oxygen atoms in total. The molecule has 4 rings (SSSR count). The van der Waals surface area contributed by atoms with Crippen LogP contribution in [-0.4, -0.2) is 58.6 Å². The second-order valence-corrected chi connectivity index (χ2v) is 8.43. The van der Waals surface area contributed by atoms with Crippen LogP contribution in [-0.2, 0) is 4.79 Å². The van der Waals surface area contributed by atoms with Crippen LogP contribution in [0.1, 0.15) is 44.9 Å². The Balaban J connectivity index is 1.38. The van der Waals surface area contributed by atoms with E-state index < -0.39 is 18.6 Å². The van der Waals surface area contributed by atoms with Crippen molar-refractivity contribution in [2.75, 3.05) is 6.54 Å². The third-order valence-electron chi connectivity index (χ3n) is 6.88. The number of rotatable bonds is 4. The fraction of sp³-hybridized carbons (Fsp3) is 0.889. The zero-order chi connectivity index (χ0) is 18.6. The number of nitriles is 1. The average Bonchev–Trinajstić information content (AvgIpc) is 3.19. The molecule has 2 N–H and O–H groups in total. The van der Waals surface area contributed by atoms with Crippen LogP contribution in [0.4, 0.5) is 13.2 Å². The van der Waals surface area contributed by atoms with Gasteiger partial charge in [-0.05, 0) is 50.4 Å². The molecule has 0 unspecified atom stereocenters. The molecular formula is C18H25F3N4O. The van der Waals surface area contributed by atoms with Crippen molar-refractivity contribution in [1.82, 2.24) is 9.80 Å². The quantitative estimate of drug-likeness (QED) is 0.822. The van der Waals surface area contributed by atoms with E-state index in [0.29, 0.717) is 18.8 Å². The van der Waals surface area contributed by atoms with Gasteiger partial charge in [-0.1, -0.05) is 0 Å². The molecule has 2 bridgehead atoms. The van der Waals surface area contributed by atoms with Crippen molar-refractivity contribution in [3.63, 3.8) is 0 Å². The van der Waals surface area contributed by atoms with Crippen molar-refractivity contribution in [2.24, 2.45) is 17.6 Å². The number of nitrogens with two attached hydrogens (primary N) is 1. The molecular weight excluding hydrogens is 345 g/mol. The predicted molar refractivity (Wildman–Crippen MR) is 87.6 cm³/mol. The summed E-state index contributed by atoms with van der Waals surface area (Å²) in [5.74, 6) is 0.324. The van der Waals surface area contributed by atoms with Crippen LogP contribution in [0.15, 0.2) is 0 Å². The monoisotopic (exact) mass is 370 g/mol. The molecule has 1 saturated carbocycles. The maximum Gasteiger partial charge on any atom is 0.390 e. The molecule has 0 aromatic rings. The Bertz CT molecular complexity index is 605. The molecule has 3 heterocycles. The highest BCUT2D eigenvalue weighted by Gasteiger charge is 2.55. The molecule has 144 valence electrons. The molecule has 3 aliphatic heterocycles. The van der Waals surface area contributed by atoms with Gasteiger partial charge in [0.05, 0.1) is 18.5 Å². The first-order chi connectivity index (χ1) is 12.3. The summed E-state index contributed by atoms with van der Waals surface area (Å²) in [4.78, 5) is 16.6. The highest BCUT2D eigenvalue weighted by Crippen LogP contribution is 2.48. The van der Waals surface area contributed by atoms with Crippen molar-refractivity contribution in [1.29, 1.82) is 5.26 Å². The normalized spacial score (nSPS) is 40.2. The number of piperidine rings is 2. The summed E-state index contributed by atoms with van der Waals surface area (Å²) in [6.45, 7) is 0.0428. The minimum Gasteiger partial charge on any atom is -0.322 e. The SMILES string of the molecule is N#C[C@@H]1C[C@@H]2C[C@@H]2N1C(=O)[C@@H](N)C1C[C@@H]2CC[C@@H](C1)N2CCC(F)(F)F. The van der Waals surface area contributed by atoms with Crippen molar-refractivity contribution in [3.05, 3.63) is 0 Å². The maximum absolute atomic E-state index is 12.9. The first kappa shape index (κ1) is 18.1. The standard InChI is InChI=1S/C18H25F3N4O/c19-18(20,21)3-4-24-12-1-2-13(24)7-11(6-12)16(23)17(26)25-14(9-22)5-10-8-15(10)25/h10-16H,1-8,23H2/t10-,12+,13+,14+,15+,16+/m1/s1. The molecule has 4 fully saturated rings. The van der Waals surface area contributed by atoms with Gasteiger partial charge in [0.1, 0.15) is 6.04 Å². The summed E-state index contributed by atoms with van der Waals surface area (Å²) in [6, 6.07) is 1.59. The molecule has 0 aromatic carbocycles. The van der Waals surface area contributed by atoms with E-state index in [1.54, 1.807) is 4.90 Å². The number of hydrogen-bond donors (Lipinski definition) is 1. The van der Waals surface area contributed by atoms with E-state index in [1.807, 2.05) is 4.90 Å². The fourth-order valence-electron chi connectivity index (χ4n) is 5.49. The van der Waals surface area contributed by atoms with Crippen LogP contribution in [0.3, 0.4) is 0 Å². The summed E-state index contributed by atoms with van der Waals surface area (Å²) in [7, 11) is 0. The lowest BCUT2D eigenvalue weighted by atomic mass is 9.84. The Kier molecular flexibility index (Phi) is 4.43. The number of nitrogens with zero attached hydrogens (tertiary/aromatic N) is 3. The summed E-state index contributed by atoms with van der Waals surface area (Å²) >= 11 is 0. The van der Waals surface area contributed by atoms with Gasteiger partial charge in [-0.2, -0.15) is 18.4 Å². The number of fused-ring (bicyclic) bond motifs is 3. The lowest BCUT2D eigenvalue weighted by molar-refractivity contribution is -0.141. The second-order valence-electron chi connectivity index (χ2n) is 8.43. The van der Waals surface area contributed by atoms with Gasteiger partial charge in [-0.3, -0.25) is 9.69 Å². The number of likely N-dealkylation sites (tertiary alicyclic amines) is 1. The van der Waals surface area contributed by atoms with E-state index in [-0.39, 0.29) is 42.5 Å². The number of alkyl halides is 3. The highest BCUT2D eigenvalue weighted by molar-refractivity contribution is 5.84. The van der Waals surface area contributed by atoms with E-state index in [1.165, 1.54) is 0 Å². The summed E-state index contributed by atoms with van der Waals surface area (Å²) in [5.41, 5.74) is 6.31. The fourth-order valence-corrected chi connectivity index (χ4v) is 5.49.